The van der Waals surface area contributed by atoms with Gasteiger partial charge in [0, 0.05) is 6.92 Å². The Kier molecular flexibility index (Phi) is 2.36. The second-order valence-corrected chi connectivity index (χ2v) is 3.38. The lowest BCUT2D eigenvalue weighted by molar-refractivity contribution is 0.101. The number of carbonyl (C=O) groups is 1. The summed E-state index contributed by atoms with van der Waals surface area (Å²) in [6.45, 7) is 1.34. The minimum Gasteiger partial charge on any atom is -0.508 e. The number of aromatic hydroxyl groups is 2. The van der Waals surface area contributed by atoms with E-state index in [1.807, 2.05) is 0 Å². The number of phenolic OH excluding ortho intramolecular Hbond substituents is 1. The van der Waals surface area contributed by atoms with E-state index in [1.165, 1.54) is 29.9 Å². The molecule has 1 aromatic carbocycles. The Bertz CT molecular complexity index is 529. The molecule has 16 heavy (non-hydrogen) atoms. The van der Waals surface area contributed by atoms with E-state index in [2.05, 4.69) is 5.10 Å². The summed E-state index contributed by atoms with van der Waals surface area (Å²) in [5.41, 5.74) is 0.689. The quantitative estimate of drug-likeness (QED) is 0.749. The third-order valence-electron chi connectivity index (χ3n) is 2.14. The van der Waals surface area contributed by atoms with Crippen molar-refractivity contribution in [2.75, 3.05) is 0 Å². The van der Waals surface area contributed by atoms with Gasteiger partial charge in [-0.05, 0) is 24.3 Å². The second-order valence-electron chi connectivity index (χ2n) is 3.38. The van der Waals surface area contributed by atoms with E-state index in [0.29, 0.717) is 5.69 Å². The number of carbonyl (C=O) groups excluding carboxylic acids is 1. The van der Waals surface area contributed by atoms with Crippen LogP contribution in [0.25, 0.3) is 5.69 Å². The van der Waals surface area contributed by atoms with E-state index in [0.717, 1.165) is 0 Å². The summed E-state index contributed by atoms with van der Waals surface area (Å²) in [6, 6.07) is 6.26. The van der Waals surface area contributed by atoms with Crippen LogP contribution in [0.4, 0.5) is 0 Å². The number of phenols is 1. The molecule has 0 saturated heterocycles. The van der Waals surface area contributed by atoms with Crippen molar-refractivity contribution in [3.05, 3.63) is 36.2 Å². The van der Waals surface area contributed by atoms with Crippen LogP contribution in [0.15, 0.2) is 30.5 Å². The molecule has 5 heteroatoms. The van der Waals surface area contributed by atoms with Crippen molar-refractivity contribution in [3.63, 3.8) is 0 Å². The molecule has 0 unspecified atom stereocenters. The molecule has 2 aromatic rings. The Morgan fingerprint density at radius 3 is 2.38 bits per heavy atom. The number of hydrogen-bond acceptors (Lipinski definition) is 4. The van der Waals surface area contributed by atoms with Crippen LogP contribution in [0, 0.1) is 0 Å². The summed E-state index contributed by atoms with van der Waals surface area (Å²) < 4.78 is 1.38. The van der Waals surface area contributed by atoms with Crippen LogP contribution < -0.4 is 0 Å². The Hall–Kier alpha value is -2.30. The zero-order chi connectivity index (χ0) is 11.7. The normalized spacial score (nSPS) is 10.3. The smallest absolute Gasteiger partial charge is 0.183 e. The molecular weight excluding hydrogens is 208 g/mol. The molecule has 0 bridgehead atoms. The molecule has 0 aliphatic heterocycles. The Morgan fingerprint density at radius 2 is 1.88 bits per heavy atom. The van der Waals surface area contributed by atoms with Gasteiger partial charge < -0.3 is 10.2 Å². The van der Waals surface area contributed by atoms with Gasteiger partial charge in [-0.1, -0.05) is 0 Å². The molecule has 2 N–H and O–H groups in total. The maximum Gasteiger partial charge on any atom is 0.183 e. The zero-order valence-corrected chi connectivity index (χ0v) is 8.58. The summed E-state index contributed by atoms with van der Waals surface area (Å²) in [5.74, 6) is -0.303. The number of ketones is 1. The van der Waals surface area contributed by atoms with Gasteiger partial charge in [0.15, 0.2) is 17.2 Å². The van der Waals surface area contributed by atoms with Gasteiger partial charge >= 0.3 is 0 Å². The van der Waals surface area contributed by atoms with E-state index >= 15 is 0 Å². The summed E-state index contributed by atoms with van der Waals surface area (Å²) in [4.78, 5) is 11.1. The number of Topliss-reactive ketones (excluding diaryl/α,β-unsaturated/α-hetero) is 1. The standard InChI is InChI=1S/C11H10N2O3/c1-7(14)11-10(16)6-13(12-11)8-2-4-9(15)5-3-8/h2-6,15-16H,1H3. The highest BCUT2D eigenvalue weighted by Gasteiger charge is 2.12. The Morgan fingerprint density at radius 1 is 1.25 bits per heavy atom. The van der Waals surface area contributed by atoms with E-state index in [-0.39, 0.29) is 23.0 Å². The maximum atomic E-state index is 11.1. The van der Waals surface area contributed by atoms with Gasteiger partial charge in [-0.2, -0.15) is 5.10 Å². The Balaban J connectivity index is 2.45. The maximum absolute atomic E-state index is 11.1. The number of rotatable bonds is 2. The van der Waals surface area contributed by atoms with Crippen molar-refractivity contribution in [2.45, 2.75) is 6.92 Å². The summed E-state index contributed by atoms with van der Waals surface area (Å²) in [7, 11) is 0. The van der Waals surface area contributed by atoms with E-state index in [9.17, 15) is 9.90 Å². The first-order chi connectivity index (χ1) is 7.58. The first kappa shape index (κ1) is 10.2. The first-order valence-electron chi connectivity index (χ1n) is 4.67. The van der Waals surface area contributed by atoms with Gasteiger partial charge in [0.05, 0.1) is 11.9 Å². The molecule has 0 amide bonds. The fraction of sp³-hybridized carbons (Fsp3) is 0.0909. The second kappa shape index (κ2) is 3.69. The average molecular weight is 218 g/mol. The highest BCUT2D eigenvalue weighted by molar-refractivity contribution is 5.94. The van der Waals surface area contributed by atoms with Crippen LogP contribution in [0.3, 0.4) is 0 Å². The summed E-state index contributed by atoms with van der Waals surface area (Å²) >= 11 is 0. The number of nitrogens with zero attached hydrogens (tertiary/aromatic N) is 2. The number of aromatic nitrogens is 2. The lowest BCUT2D eigenvalue weighted by Crippen LogP contribution is -1.98. The van der Waals surface area contributed by atoms with Gasteiger partial charge in [0.1, 0.15) is 5.75 Å². The number of benzene rings is 1. The van der Waals surface area contributed by atoms with Crippen molar-refractivity contribution in [1.29, 1.82) is 0 Å². The largest absolute Gasteiger partial charge is 0.508 e. The van der Waals surface area contributed by atoms with E-state index < -0.39 is 0 Å². The van der Waals surface area contributed by atoms with Gasteiger partial charge in [-0.25, -0.2) is 4.68 Å². The lowest BCUT2D eigenvalue weighted by atomic mass is 10.3. The third kappa shape index (κ3) is 1.75. The minimum atomic E-state index is -0.296. The fourth-order valence-electron chi connectivity index (χ4n) is 1.35. The summed E-state index contributed by atoms with van der Waals surface area (Å²) in [6.07, 6.45) is 1.35. The molecule has 0 aliphatic rings. The predicted octanol–water partition coefficient (Wildman–Crippen LogP) is 1.49. The van der Waals surface area contributed by atoms with Crippen molar-refractivity contribution >= 4 is 5.78 Å². The molecule has 1 aromatic heterocycles. The van der Waals surface area contributed by atoms with E-state index in [4.69, 9.17) is 5.11 Å². The third-order valence-corrected chi connectivity index (χ3v) is 2.14. The van der Waals surface area contributed by atoms with Crippen LogP contribution in [0.1, 0.15) is 17.4 Å². The van der Waals surface area contributed by atoms with Crippen LogP contribution in [-0.4, -0.2) is 25.8 Å². The van der Waals surface area contributed by atoms with Crippen molar-refractivity contribution < 1.29 is 15.0 Å². The molecule has 0 aliphatic carbocycles. The molecule has 5 nitrogen and oxygen atoms in total. The first-order valence-corrected chi connectivity index (χ1v) is 4.67. The highest BCUT2D eigenvalue weighted by Crippen LogP contribution is 2.19. The predicted molar refractivity (Wildman–Crippen MR) is 56.9 cm³/mol. The summed E-state index contributed by atoms with van der Waals surface area (Å²) in [5, 5.41) is 22.5. The minimum absolute atomic E-state index is 0.0353. The molecule has 82 valence electrons. The van der Waals surface area contributed by atoms with Crippen LogP contribution >= 0.6 is 0 Å². The lowest BCUT2D eigenvalue weighted by Gasteiger charge is -1.99. The molecule has 0 radical (unpaired) electrons. The molecule has 0 atom stereocenters. The van der Waals surface area contributed by atoms with Crippen molar-refractivity contribution in [1.82, 2.24) is 9.78 Å². The van der Waals surface area contributed by atoms with Gasteiger partial charge in [0.25, 0.3) is 0 Å². The van der Waals surface area contributed by atoms with Crippen LogP contribution in [-0.2, 0) is 0 Å². The number of hydrogen-bond donors (Lipinski definition) is 2. The SMILES string of the molecule is CC(=O)c1nn(-c2ccc(O)cc2)cc1O. The van der Waals surface area contributed by atoms with Gasteiger partial charge in [-0.15, -0.1) is 0 Å². The van der Waals surface area contributed by atoms with Crippen molar-refractivity contribution in [3.8, 4) is 17.2 Å². The van der Waals surface area contributed by atoms with Gasteiger partial charge in [0.2, 0.25) is 0 Å². The van der Waals surface area contributed by atoms with Crippen molar-refractivity contribution in [2.24, 2.45) is 0 Å². The fourth-order valence-corrected chi connectivity index (χ4v) is 1.35. The molecule has 0 saturated carbocycles. The monoisotopic (exact) mass is 218 g/mol. The molecule has 2 rings (SSSR count). The van der Waals surface area contributed by atoms with Crippen LogP contribution in [0.5, 0.6) is 11.5 Å². The molecule has 0 fully saturated rings. The Labute approximate surface area is 91.6 Å². The topological polar surface area (TPSA) is 75.4 Å². The van der Waals surface area contributed by atoms with Crippen LogP contribution in [0.2, 0.25) is 0 Å². The van der Waals surface area contributed by atoms with E-state index in [1.54, 1.807) is 12.1 Å². The zero-order valence-electron chi connectivity index (χ0n) is 8.58. The molecular formula is C11H10N2O3. The molecule has 1 heterocycles. The molecule has 0 spiro atoms. The highest BCUT2D eigenvalue weighted by atomic mass is 16.3. The average Bonchev–Trinajstić information content (AvgIpc) is 2.61. The van der Waals surface area contributed by atoms with Gasteiger partial charge in [-0.3, -0.25) is 4.79 Å².